The number of hydrogen-bond donors (Lipinski definition) is 3. The zero-order chi connectivity index (χ0) is 23.8. The summed E-state index contributed by atoms with van der Waals surface area (Å²) in [6.45, 7) is 3.11. The van der Waals surface area contributed by atoms with Gasteiger partial charge in [0, 0.05) is 29.5 Å². The number of nitrogens with zero attached hydrogens (tertiary/aromatic N) is 4. The van der Waals surface area contributed by atoms with E-state index >= 15 is 0 Å². The van der Waals surface area contributed by atoms with Crippen LogP contribution in [0.4, 0.5) is 5.82 Å². The number of aromatic nitrogens is 4. The van der Waals surface area contributed by atoms with Gasteiger partial charge in [0.1, 0.15) is 18.0 Å². The van der Waals surface area contributed by atoms with Gasteiger partial charge in [0.2, 0.25) is 0 Å². The van der Waals surface area contributed by atoms with E-state index < -0.39 is 0 Å². The van der Waals surface area contributed by atoms with Crippen molar-refractivity contribution in [2.24, 2.45) is 5.73 Å². The molecule has 10 heteroatoms. The molecule has 0 aliphatic carbocycles. The minimum atomic E-state index is -0.178. The van der Waals surface area contributed by atoms with Crippen LogP contribution in [0.1, 0.15) is 48.4 Å². The molecule has 1 amide bonds. The number of carbonyl (C=O) groups excluding carboxylic acids is 1. The Balaban J connectivity index is 1.44. The Morgan fingerprint density at radius 2 is 2.09 bits per heavy atom. The largest absolute Gasteiger partial charge is 0.360 e. The summed E-state index contributed by atoms with van der Waals surface area (Å²) < 4.78 is 0. The highest BCUT2D eigenvalue weighted by molar-refractivity contribution is 6.35. The topological polar surface area (TPSA) is 113 Å². The van der Waals surface area contributed by atoms with E-state index in [4.69, 9.17) is 28.9 Å². The number of rotatable bonds is 5. The Hall–Kier alpha value is -2.94. The smallest absolute Gasteiger partial charge is 0.255 e. The van der Waals surface area contributed by atoms with Crippen LogP contribution in [-0.4, -0.2) is 49.9 Å². The molecule has 4 aromatic rings. The van der Waals surface area contributed by atoms with Crippen LogP contribution in [0, 0.1) is 0 Å². The van der Waals surface area contributed by atoms with E-state index in [0.29, 0.717) is 40.0 Å². The van der Waals surface area contributed by atoms with Crippen molar-refractivity contribution in [3.05, 3.63) is 58.1 Å². The number of anilines is 1. The molecule has 2 aromatic heterocycles. The van der Waals surface area contributed by atoms with E-state index in [9.17, 15) is 4.79 Å². The summed E-state index contributed by atoms with van der Waals surface area (Å²) in [4.78, 5) is 31.9. The summed E-state index contributed by atoms with van der Waals surface area (Å²) in [5, 5.41) is 5.12. The Kier molecular flexibility index (Phi) is 6.29. The fourth-order valence-electron chi connectivity index (χ4n) is 4.50. The maximum atomic E-state index is 13.3. The van der Waals surface area contributed by atoms with Crippen LogP contribution >= 0.6 is 23.2 Å². The number of fused-ring (bicyclic) bond motifs is 2. The molecule has 5 rings (SSSR count). The molecule has 176 valence electrons. The number of nitrogens with two attached hydrogens (primary N) is 1. The molecule has 8 nitrogen and oxygen atoms in total. The number of piperidine rings is 1. The Morgan fingerprint density at radius 1 is 1.24 bits per heavy atom. The predicted octanol–water partition coefficient (Wildman–Crippen LogP) is 4.94. The number of carbonyl (C=O) groups is 1. The second-order valence-corrected chi connectivity index (χ2v) is 9.45. The zero-order valence-corrected chi connectivity index (χ0v) is 20.2. The fourth-order valence-corrected chi connectivity index (χ4v) is 4.92. The monoisotopic (exact) mass is 497 g/mol. The number of nitrogens with one attached hydrogen (secondary N) is 2. The minimum Gasteiger partial charge on any atom is -0.360 e. The quantitative estimate of drug-likeness (QED) is 0.359. The molecule has 1 saturated heterocycles. The number of likely N-dealkylation sites (tertiary alicyclic amines) is 1. The molecule has 1 aliphatic rings. The molecule has 0 bridgehead atoms. The summed E-state index contributed by atoms with van der Waals surface area (Å²) in [6, 6.07) is 8.88. The standard InChI is InChI=1S/C24H25Cl2N7O/c1-13(22-31-19-6-5-14(25)8-21(19)32-22)30-23-17-9-18(26)16(10-20(17)28-12-29-23)24(34)33-7-3-2-4-15(33)11-27/h5-6,8-10,12-13,15H,2-4,7,11,27H2,1H3,(H,31,32)(H,28,29,30)/t13-,15-/m0/s1. The number of imidazole rings is 1. The lowest BCUT2D eigenvalue weighted by atomic mass is 10.0. The molecule has 2 atom stereocenters. The van der Waals surface area contributed by atoms with E-state index in [1.165, 1.54) is 6.33 Å². The molecule has 1 fully saturated rings. The Labute approximate surface area is 206 Å². The number of aromatic amines is 1. The highest BCUT2D eigenvalue weighted by Gasteiger charge is 2.28. The van der Waals surface area contributed by atoms with Crippen molar-refractivity contribution in [3.63, 3.8) is 0 Å². The molecule has 1 aliphatic heterocycles. The van der Waals surface area contributed by atoms with E-state index in [-0.39, 0.29) is 18.0 Å². The highest BCUT2D eigenvalue weighted by atomic mass is 35.5. The molecule has 2 aromatic carbocycles. The first-order chi connectivity index (χ1) is 16.4. The van der Waals surface area contributed by atoms with E-state index in [1.54, 1.807) is 12.1 Å². The van der Waals surface area contributed by atoms with Gasteiger partial charge in [0.05, 0.1) is 33.2 Å². The summed E-state index contributed by atoms with van der Waals surface area (Å²) >= 11 is 12.7. The second kappa shape index (κ2) is 9.37. The third kappa shape index (κ3) is 4.29. The van der Waals surface area contributed by atoms with E-state index in [2.05, 4.69) is 25.3 Å². The number of H-pyrrole nitrogens is 1. The fraction of sp³-hybridized carbons (Fsp3) is 0.333. The van der Waals surface area contributed by atoms with Crippen molar-refractivity contribution in [2.45, 2.75) is 38.3 Å². The molecule has 0 radical (unpaired) electrons. The Bertz CT molecular complexity index is 1370. The van der Waals surface area contributed by atoms with E-state index in [1.807, 2.05) is 30.0 Å². The summed E-state index contributed by atoms with van der Waals surface area (Å²) in [6.07, 6.45) is 4.43. The third-order valence-electron chi connectivity index (χ3n) is 6.34. The van der Waals surface area contributed by atoms with Crippen molar-refractivity contribution in [1.82, 2.24) is 24.8 Å². The number of benzene rings is 2. The summed E-state index contributed by atoms with van der Waals surface area (Å²) in [5.74, 6) is 1.25. The first-order valence-electron chi connectivity index (χ1n) is 11.3. The maximum absolute atomic E-state index is 13.3. The number of halogens is 2. The average Bonchev–Trinajstić information content (AvgIpc) is 3.27. The maximum Gasteiger partial charge on any atom is 0.255 e. The summed E-state index contributed by atoms with van der Waals surface area (Å²) in [7, 11) is 0. The molecule has 3 heterocycles. The van der Waals surface area contributed by atoms with Gasteiger partial charge in [-0.3, -0.25) is 4.79 Å². The van der Waals surface area contributed by atoms with Crippen LogP contribution in [0.25, 0.3) is 21.9 Å². The average molecular weight is 498 g/mol. The number of hydrogen-bond acceptors (Lipinski definition) is 6. The molecule has 0 unspecified atom stereocenters. The third-order valence-corrected chi connectivity index (χ3v) is 6.89. The Morgan fingerprint density at radius 3 is 2.91 bits per heavy atom. The summed E-state index contributed by atoms with van der Waals surface area (Å²) in [5.41, 5.74) is 8.68. The van der Waals surface area contributed by atoms with Crippen LogP contribution in [0.2, 0.25) is 10.0 Å². The normalized spacial score (nSPS) is 17.3. The first-order valence-corrected chi connectivity index (χ1v) is 12.1. The highest BCUT2D eigenvalue weighted by Crippen LogP contribution is 2.31. The van der Waals surface area contributed by atoms with Crippen molar-refractivity contribution in [3.8, 4) is 0 Å². The van der Waals surface area contributed by atoms with Crippen LogP contribution < -0.4 is 11.1 Å². The molecular formula is C24H25Cl2N7O. The molecule has 0 spiro atoms. The zero-order valence-electron chi connectivity index (χ0n) is 18.7. The predicted molar refractivity (Wildman–Crippen MR) is 135 cm³/mol. The van der Waals surface area contributed by atoms with Gasteiger partial charge in [0.15, 0.2) is 0 Å². The van der Waals surface area contributed by atoms with Crippen molar-refractivity contribution in [1.29, 1.82) is 0 Å². The minimum absolute atomic E-state index is 0.0372. The molecular weight excluding hydrogens is 473 g/mol. The number of amides is 1. The molecule has 4 N–H and O–H groups in total. The van der Waals surface area contributed by atoms with Gasteiger partial charge in [-0.25, -0.2) is 15.0 Å². The van der Waals surface area contributed by atoms with Gasteiger partial charge >= 0.3 is 0 Å². The van der Waals surface area contributed by atoms with Crippen LogP contribution in [0.5, 0.6) is 0 Å². The van der Waals surface area contributed by atoms with E-state index in [0.717, 1.165) is 41.5 Å². The van der Waals surface area contributed by atoms with Crippen molar-refractivity contribution in [2.75, 3.05) is 18.4 Å². The lowest BCUT2D eigenvalue weighted by Crippen LogP contribution is -2.47. The van der Waals surface area contributed by atoms with Crippen LogP contribution in [0.3, 0.4) is 0 Å². The van der Waals surface area contributed by atoms with Crippen molar-refractivity contribution < 1.29 is 4.79 Å². The van der Waals surface area contributed by atoms with Crippen LogP contribution in [-0.2, 0) is 0 Å². The van der Waals surface area contributed by atoms with Gasteiger partial charge in [-0.15, -0.1) is 0 Å². The SMILES string of the molecule is C[C@H](Nc1ncnc2cc(C(=O)N3CCCC[C@H]3CN)c(Cl)cc12)c1nc2ccc(Cl)cc2[nH]1. The van der Waals surface area contributed by atoms with Gasteiger partial charge in [-0.05, 0) is 56.5 Å². The van der Waals surface area contributed by atoms with Crippen molar-refractivity contribution >= 4 is 56.9 Å². The van der Waals surface area contributed by atoms with Gasteiger partial charge in [0.25, 0.3) is 5.91 Å². The van der Waals surface area contributed by atoms with Gasteiger partial charge < -0.3 is 20.9 Å². The first kappa shape index (κ1) is 22.8. The molecule has 0 saturated carbocycles. The second-order valence-electron chi connectivity index (χ2n) is 8.60. The lowest BCUT2D eigenvalue weighted by Gasteiger charge is -2.35. The lowest BCUT2D eigenvalue weighted by molar-refractivity contribution is 0.0623. The van der Waals surface area contributed by atoms with Gasteiger partial charge in [-0.1, -0.05) is 23.2 Å². The molecule has 34 heavy (non-hydrogen) atoms. The van der Waals surface area contributed by atoms with Crippen LogP contribution in [0.15, 0.2) is 36.7 Å². The van der Waals surface area contributed by atoms with Gasteiger partial charge in [-0.2, -0.15) is 0 Å².